The van der Waals surface area contributed by atoms with Crippen LogP contribution >= 0.6 is 0 Å². The van der Waals surface area contributed by atoms with E-state index in [9.17, 15) is 13.2 Å². The molecule has 0 radical (unpaired) electrons. The molecule has 1 aliphatic heterocycles. The lowest BCUT2D eigenvalue weighted by Crippen LogP contribution is -2.43. The predicted octanol–water partition coefficient (Wildman–Crippen LogP) is 4.91. The van der Waals surface area contributed by atoms with Gasteiger partial charge in [0.1, 0.15) is 6.54 Å². The highest BCUT2D eigenvalue weighted by Crippen LogP contribution is 2.43. The first-order chi connectivity index (χ1) is 15.3. The summed E-state index contributed by atoms with van der Waals surface area (Å²) >= 11 is 0. The molecule has 166 valence electrons. The van der Waals surface area contributed by atoms with Crippen molar-refractivity contribution in [1.82, 2.24) is 5.32 Å². The van der Waals surface area contributed by atoms with Crippen molar-refractivity contribution in [2.75, 3.05) is 17.4 Å². The normalized spacial score (nSPS) is 15.1. The maximum Gasteiger partial charge on any atom is 0.265 e. The third-order valence-corrected chi connectivity index (χ3v) is 7.78. The lowest BCUT2D eigenvalue weighted by atomic mass is 9.95. The van der Waals surface area contributed by atoms with Gasteiger partial charge in [-0.3, -0.25) is 9.10 Å². The van der Waals surface area contributed by atoms with Crippen LogP contribution in [-0.2, 0) is 14.8 Å². The monoisotopic (exact) mass is 448 g/mol. The van der Waals surface area contributed by atoms with Crippen molar-refractivity contribution in [3.05, 3.63) is 83.9 Å². The largest absolute Gasteiger partial charge is 0.354 e. The van der Waals surface area contributed by atoms with Gasteiger partial charge in [-0.25, -0.2) is 8.42 Å². The molecule has 0 saturated carbocycles. The number of hydrogen-bond donors (Lipinski definition) is 1. The van der Waals surface area contributed by atoms with Crippen molar-refractivity contribution >= 4 is 21.6 Å². The average molecular weight is 449 g/mol. The summed E-state index contributed by atoms with van der Waals surface area (Å²) in [6.45, 7) is 6.42. The third-order valence-electron chi connectivity index (χ3n) is 5.96. The molecule has 1 heterocycles. The molecule has 6 heteroatoms. The Morgan fingerprint density at radius 1 is 0.875 bits per heavy atom. The number of carbonyl (C=O) groups is 1. The second-order valence-electron chi connectivity index (χ2n) is 8.55. The van der Waals surface area contributed by atoms with Gasteiger partial charge in [0, 0.05) is 17.7 Å². The molecule has 3 aromatic carbocycles. The second-order valence-corrected chi connectivity index (χ2v) is 10.4. The number of benzene rings is 3. The number of sulfonamides is 1. The van der Waals surface area contributed by atoms with E-state index in [0.29, 0.717) is 23.7 Å². The van der Waals surface area contributed by atoms with Crippen LogP contribution in [-0.4, -0.2) is 27.4 Å². The first kappa shape index (κ1) is 22.1. The Morgan fingerprint density at radius 3 is 2.28 bits per heavy atom. The molecule has 0 aromatic heterocycles. The van der Waals surface area contributed by atoms with Gasteiger partial charge in [0.2, 0.25) is 5.91 Å². The SMILES string of the molecule is CC(C)c1ccc2c(c1)-c1ccccc1S(=O)(=O)N2CC(=O)NC[C@@H](C)c1ccccc1. The summed E-state index contributed by atoms with van der Waals surface area (Å²) in [5.41, 5.74) is 4.31. The van der Waals surface area contributed by atoms with E-state index < -0.39 is 10.0 Å². The quantitative estimate of drug-likeness (QED) is 0.583. The lowest BCUT2D eigenvalue weighted by Gasteiger charge is -2.32. The summed E-state index contributed by atoms with van der Waals surface area (Å²) in [5, 5.41) is 2.91. The average Bonchev–Trinajstić information content (AvgIpc) is 2.80. The Bertz CT molecular complexity index is 1240. The summed E-state index contributed by atoms with van der Waals surface area (Å²) in [4.78, 5) is 13.0. The Balaban J connectivity index is 1.62. The van der Waals surface area contributed by atoms with Crippen LogP contribution in [0.5, 0.6) is 0 Å². The highest BCUT2D eigenvalue weighted by atomic mass is 32.2. The molecule has 0 saturated heterocycles. The van der Waals surface area contributed by atoms with Crippen molar-refractivity contribution in [2.45, 2.75) is 37.5 Å². The first-order valence-electron chi connectivity index (χ1n) is 10.9. The summed E-state index contributed by atoms with van der Waals surface area (Å²) in [7, 11) is -3.84. The van der Waals surface area contributed by atoms with Crippen molar-refractivity contribution in [1.29, 1.82) is 0 Å². The molecule has 1 amide bonds. The molecule has 1 aliphatic rings. The van der Waals surface area contributed by atoms with Gasteiger partial charge in [-0.1, -0.05) is 75.4 Å². The minimum absolute atomic E-state index is 0.125. The lowest BCUT2D eigenvalue weighted by molar-refractivity contribution is -0.119. The maximum atomic E-state index is 13.4. The van der Waals surface area contributed by atoms with Gasteiger partial charge in [-0.2, -0.15) is 0 Å². The number of nitrogens with zero attached hydrogens (tertiary/aromatic N) is 1. The Morgan fingerprint density at radius 2 is 1.56 bits per heavy atom. The van der Waals surface area contributed by atoms with E-state index in [2.05, 4.69) is 19.2 Å². The van der Waals surface area contributed by atoms with Crippen LogP contribution in [0.25, 0.3) is 11.1 Å². The number of nitrogens with one attached hydrogen (secondary N) is 1. The minimum Gasteiger partial charge on any atom is -0.354 e. The molecule has 4 rings (SSSR count). The van der Waals surface area contributed by atoms with E-state index in [-0.39, 0.29) is 23.3 Å². The van der Waals surface area contributed by atoms with Gasteiger partial charge < -0.3 is 5.32 Å². The third kappa shape index (κ3) is 4.15. The zero-order chi connectivity index (χ0) is 22.9. The van der Waals surface area contributed by atoms with Crippen molar-refractivity contribution in [3.8, 4) is 11.1 Å². The molecular formula is C26H28N2O3S. The van der Waals surface area contributed by atoms with E-state index in [1.54, 1.807) is 12.1 Å². The molecule has 0 aliphatic carbocycles. The fourth-order valence-corrected chi connectivity index (χ4v) is 5.68. The molecular weight excluding hydrogens is 420 g/mol. The molecule has 0 bridgehead atoms. The Hall–Kier alpha value is -3.12. The van der Waals surface area contributed by atoms with E-state index >= 15 is 0 Å². The van der Waals surface area contributed by atoms with Gasteiger partial charge in [0.25, 0.3) is 10.0 Å². The number of fused-ring (bicyclic) bond motifs is 3. The number of carbonyl (C=O) groups excluding carboxylic acids is 1. The molecule has 1 N–H and O–H groups in total. The van der Waals surface area contributed by atoms with Crippen LogP contribution in [0.15, 0.2) is 77.7 Å². The van der Waals surface area contributed by atoms with Crippen LogP contribution < -0.4 is 9.62 Å². The summed E-state index contributed by atoms with van der Waals surface area (Å²) in [5.74, 6) is 0.108. The van der Waals surface area contributed by atoms with Crippen molar-refractivity contribution < 1.29 is 13.2 Å². The smallest absolute Gasteiger partial charge is 0.265 e. The van der Waals surface area contributed by atoms with Crippen LogP contribution in [0.1, 0.15) is 43.7 Å². The zero-order valence-electron chi connectivity index (χ0n) is 18.6. The molecule has 0 spiro atoms. The maximum absolute atomic E-state index is 13.4. The van der Waals surface area contributed by atoms with E-state index in [0.717, 1.165) is 16.7 Å². The molecule has 1 atom stereocenters. The van der Waals surface area contributed by atoms with E-state index in [4.69, 9.17) is 0 Å². The molecule has 32 heavy (non-hydrogen) atoms. The minimum atomic E-state index is -3.84. The molecule has 3 aromatic rings. The highest BCUT2D eigenvalue weighted by molar-refractivity contribution is 7.93. The standard InChI is InChI=1S/C26H28N2O3S/c1-18(2)21-13-14-24-23(15-21)22-11-7-8-12-25(22)32(30,31)28(24)17-26(29)27-16-19(3)20-9-5-4-6-10-20/h4-15,18-19H,16-17H2,1-3H3,(H,27,29)/t19-/m1/s1. The fourth-order valence-electron chi connectivity index (χ4n) is 4.03. The van der Waals surface area contributed by atoms with Crippen LogP contribution in [0, 0.1) is 0 Å². The van der Waals surface area contributed by atoms with E-state index in [1.807, 2.05) is 67.6 Å². The molecule has 0 fully saturated rings. The number of amides is 1. The van der Waals surface area contributed by atoms with Gasteiger partial charge in [0.15, 0.2) is 0 Å². The number of hydrogen-bond acceptors (Lipinski definition) is 3. The second kappa shape index (κ2) is 8.79. The molecule has 5 nitrogen and oxygen atoms in total. The zero-order valence-corrected chi connectivity index (χ0v) is 19.4. The number of rotatable bonds is 6. The van der Waals surface area contributed by atoms with Gasteiger partial charge in [-0.05, 0) is 41.2 Å². The molecule has 0 unspecified atom stereocenters. The van der Waals surface area contributed by atoms with Crippen LogP contribution in [0.2, 0.25) is 0 Å². The predicted molar refractivity (Wildman–Crippen MR) is 128 cm³/mol. The fraction of sp³-hybridized carbons (Fsp3) is 0.269. The Kier molecular flexibility index (Phi) is 6.07. The first-order valence-corrected chi connectivity index (χ1v) is 12.3. The summed E-state index contributed by atoms with van der Waals surface area (Å²) in [6, 6.07) is 22.7. The Labute approximate surface area is 190 Å². The topological polar surface area (TPSA) is 66.5 Å². The van der Waals surface area contributed by atoms with Crippen molar-refractivity contribution in [3.63, 3.8) is 0 Å². The van der Waals surface area contributed by atoms with E-state index in [1.165, 1.54) is 4.31 Å². The van der Waals surface area contributed by atoms with Gasteiger partial charge >= 0.3 is 0 Å². The van der Waals surface area contributed by atoms with Crippen molar-refractivity contribution in [2.24, 2.45) is 0 Å². The van der Waals surface area contributed by atoms with Gasteiger partial charge in [-0.15, -0.1) is 0 Å². The van der Waals surface area contributed by atoms with Crippen LogP contribution in [0.3, 0.4) is 0 Å². The summed E-state index contributed by atoms with van der Waals surface area (Å²) < 4.78 is 28.1. The van der Waals surface area contributed by atoms with Gasteiger partial charge in [0.05, 0.1) is 10.6 Å². The van der Waals surface area contributed by atoms with Crippen LogP contribution in [0.4, 0.5) is 5.69 Å². The highest BCUT2D eigenvalue weighted by Gasteiger charge is 2.36. The summed E-state index contributed by atoms with van der Waals surface area (Å²) in [6.07, 6.45) is 0. The number of anilines is 1.